The molecule has 2 unspecified atom stereocenters. The largest absolute Gasteiger partial charge is 0.482 e. The van der Waals surface area contributed by atoms with E-state index in [1.54, 1.807) is 0 Å². The highest BCUT2D eigenvalue weighted by Gasteiger charge is 2.45. The molecule has 2 N–H and O–H groups in total. The van der Waals surface area contributed by atoms with Crippen molar-refractivity contribution in [1.82, 2.24) is 0 Å². The summed E-state index contributed by atoms with van der Waals surface area (Å²) >= 11 is 0. The second-order valence-corrected chi connectivity index (χ2v) is 10.5. The van der Waals surface area contributed by atoms with Gasteiger partial charge in [0.25, 0.3) is 0 Å². The summed E-state index contributed by atoms with van der Waals surface area (Å²) in [6, 6.07) is 5.97. The average Bonchev–Trinajstić information content (AvgIpc) is 3.14. The van der Waals surface area contributed by atoms with Gasteiger partial charge in [-0.2, -0.15) is 0 Å². The number of aliphatic carboxylic acids is 1. The predicted octanol–water partition coefficient (Wildman–Crippen LogP) is 5.13. The molecule has 2 aliphatic carbocycles. The summed E-state index contributed by atoms with van der Waals surface area (Å²) in [5.41, 5.74) is 2.38. The molecule has 1 aliphatic heterocycles. The van der Waals surface area contributed by atoms with Crippen LogP contribution in [0.5, 0.6) is 5.75 Å². The first-order valence-corrected chi connectivity index (χ1v) is 13.5. The third-order valence-corrected chi connectivity index (χ3v) is 8.13. The van der Waals surface area contributed by atoms with Crippen molar-refractivity contribution in [1.29, 1.82) is 0 Å². The van der Waals surface area contributed by atoms with Gasteiger partial charge in [-0.15, -0.1) is 0 Å². The lowest BCUT2D eigenvalue weighted by Crippen LogP contribution is -2.31. The van der Waals surface area contributed by atoms with Crippen molar-refractivity contribution >= 4 is 5.97 Å². The Morgan fingerprint density at radius 2 is 2.09 bits per heavy atom. The molecular weight excluding hydrogens is 432 g/mol. The summed E-state index contributed by atoms with van der Waals surface area (Å²) < 4.78 is 17.9. The highest BCUT2D eigenvalue weighted by Crippen LogP contribution is 2.48. The highest BCUT2D eigenvalue weighted by molar-refractivity contribution is 5.68. The second-order valence-electron chi connectivity index (χ2n) is 10.5. The van der Waals surface area contributed by atoms with E-state index in [4.69, 9.17) is 19.3 Å². The van der Waals surface area contributed by atoms with Crippen molar-refractivity contribution in [2.24, 2.45) is 17.8 Å². The van der Waals surface area contributed by atoms with Gasteiger partial charge in [0, 0.05) is 6.61 Å². The van der Waals surface area contributed by atoms with Crippen molar-refractivity contribution in [2.45, 2.75) is 102 Å². The molecule has 34 heavy (non-hydrogen) atoms. The van der Waals surface area contributed by atoms with E-state index >= 15 is 0 Å². The molecule has 6 atom stereocenters. The van der Waals surface area contributed by atoms with E-state index < -0.39 is 5.97 Å². The number of carboxylic acid groups (broad SMARTS) is 1. The Balaban J connectivity index is 1.38. The maximum absolute atomic E-state index is 11.0. The Kier molecular flexibility index (Phi) is 9.26. The molecule has 1 aromatic rings. The summed E-state index contributed by atoms with van der Waals surface area (Å²) in [6.45, 7) is 2.71. The van der Waals surface area contributed by atoms with Crippen LogP contribution in [-0.4, -0.2) is 47.9 Å². The van der Waals surface area contributed by atoms with E-state index in [-0.39, 0.29) is 31.0 Å². The minimum Gasteiger partial charge on any atom is -0.482 e. The summed E-state index contributed by atoms with van der Waals surface area (Å²) in [5.74, 6) is 0.888. The molecule has 6 heteroatoms. The van der Waals surface area contributed by atoms with E-state index in [2.05, 4.69) is 13.0 Å². The minimum absolute atomic E-state index is 0.0626. The summed E-state index contributed by atoms with van der Waals surface area (Å²) in [5, 5.41) is 20.0. The molecule has 1 saturated heterocycles. The number of fused-ring (bicyclic) bond motifs is 2. The minimum atomic E-state index is -0.961. The topological polar surface area (TPSA) is 85.2 Å². The summed E-state index contributed by atoms with van der Waals surface area (Å²) in [4.78, 5) is 11.0. The maximum Gasteiger partial charge on any atom is 0.341 e. The number of aliphatic hydroxyl groups is 1. The molecule has 0 aromatic heterocycles. The first kappa shape index (κ1) is 25.5. The summed E-state index contributed by atoms with van der Waals surface area (Å²) in [6.07, 6.45) is 12.4. The van der Waals surface area contributed by atoms with Gasteiger partial charge < -0.3 is 24.4 Å². The number of ether oxygens (including phenoxy) is 3. The van der Waals surface area contributed by atoms with Crippen LogP contribution in [0, 0.1) is 17.8 Å². The molecule has 0 bridgehead atoms. The predicted molar refractivity (Wildman–Crippen MR) is 130 cm³/mol. The van der Waals surface area contributed by atoms with Gasteiger partial charge in [-0.05, 0) is 92.7 Å². The van der Waals surface area contributed by atoms with E-state index in [0.29, 0.717) is 17.6 Å². The van der Waals surface area contributed by atoms with Crippen molar-refractivity contribution in [3.8, 4) is 5.75 Å². The van der Waals surface area contributed by atoms with Gasteiger partial charge in [-0.1, -0.05) is 38.3 Å². The number of unbranched alkanes of at least 4 members (excludes halogenated alkanes) is 2. The van der Waals surface area contributed by atoms with Crippen LogP contribution in [0.2, 0.25) is 0 Å². The normalized spacial score (nSPS) is 29.3. The Labute approximate surface area is 204 Å². The van der Waals surface area contributed by atoms with E-state index in [9.17, 15) is 9.90 Å². The second kappa shape index (κ2) is 12.4. The van der Waals surface area contributed by atoms with Crippen LogP contribution in [0.4, 0.5) is 0 Å². The van der Waals surface area contributed by atoms with Crippen LogP contribution < -0.4 is 4.74 Å². The van der Waals surface area contributed by atoms with Crippen LogP contribution in [0.1, 0.15) is 82.3 Å². The van der Waals surface area contributed by atoms with Crippen LogP contribution >= 0.6 is 0 Å². The Morgan fingerprint density at radius 3 is 2.85 bits per heavy atom. The number of hydrogen-bond donors (Lipinski definition) is 2. The molecule has 1 saturated carbocycles. The lowest BCUT2D eigenvalue weighted by Gasteiger charge is -2.33. The van der Waals surface area contributed by atoms with Crippen LogP contribution in [0.15, 0.2) is 18.2 Å². The number of carboxylic acids is 1. The number of aliphatic hydroxyl groups excluding tert-OH is 1. The monoisotopic (exact) mass is 474 g/mol. The number of hydrogen-bond acceptors (Lipinski definition) is 5. The fourth-order valence-corrected chi connectivity index (χ4v) is 6.39. The third-order valence-electron chi connectivity index (χ3n) is 8.13. The van der Waals surface area contributed by atoms with E-state index in [1.165, 1.54) is 31.2 Å². The summed E-state index contributed by atoms with van der Waals surface area (Å²) in [7, 11) is 0. The van der Waals surface area contributed by atoms with Gasteiger partial charge in [0.15, 0.2) is 12.9 Å². The standard InChI is InChI=1S/C28H42O6/c1-2-3-4-9-21(34-28-11-5-6-14-32-28)12-13-22-23-15-19-8-7-10-26(33-18-27(30)31)24(19)16-20(23)17-25(22)29/h7-8,10,20-23,25,28-29H,2-6,9,11-18H2,1H3,(H,30,31)/t20?,21-,22+,23-,25+,28?/m0/s1. The van der Waals surface area contributed by atoms with E-state index in [0.717, 1.165) is 63.5 Å². The molecule has 0 radical (unpaired) electrons. The van der Waals surface area contributed by atoms with Gasteiger partial charge >= 0.3 is 5.97 Å². The first-order valence-electron chi connectivity index (χ1n) is 13.5. The molecular formula is C28H42O6. The SMILES string of the molecule is CCCCC[C@@H](CC[C@H]1[C@H](O)CC2Cc3c(cccc3OCC(=O)O)C[C@@H]21)OC1CCCCO1. The quantitative estimate of drug-likeness (QED) is 0.408. The Morgan fingerprint density at radius 1 is 1.21 bits per heavy atom. The van der Waals surface area contributed by atoms with Gasteiger partial charge in [0.1, 0.15) is 5.75 Å². The van der Waals surface area contributed by atoms with Crippen LogP contribution in [0.3, 0.4) is 0 Å². The lowest BCUT2D eigenvalue weighted by molar-refractivity contribution is -0.191. The zero-order chi connectivity index (χ0) is 23.9. The highest BCUT2D eigenvalue weighted by atomic mass is 16.7. The Bertz CT molecular complexity index is 789. The van der Waals surface area contributed by atoms with Crippen molar-refractivity contribution in [2.75, 3.05) is 13.2 Å². The van der Waals surface area contributed by atoms with Gasteiger partial charge in [0.05, 0.1) is 12.2 Å². The third kappa shape index (κ3) is 6.52. The molecule has 0 amide bonds. The smallest absolute Gasteiger partial charge is 0.341 e. The molecule has 2 fully saturated rings. The molecule has 1 heterocycles. The fourth-order valence-electron chi connectivity index (χ4n) is 6.39. The molecule has 4 rings (SSSR count). The molecule has 0 spiro atoms. The Hall–Kier alpha value is -1.63. The zero-order valence-electron chi connectivity index (χ0n) is 20.6. The van der Waals surface area contributed by atoms with Crippen molar-refractivity contribution < 1.29 is 29.2 Å². The first-order chi connectivity index (χ1) is 16.5. The fraction of sp³-hybridized carbons (Fsp3) is 0.750. The number of carbonyl (C=O) groups is 1. The zero-order valence-corrected chi connectivity index (χ0v) is 20.6. The van der Waals surface area contributed by atoms with Crippen LogP contribution in [-0.2, 0) is 27.1 Å². The van der Waals surface area contributed by atoms with Crippen molar-refractivity contribution in [3.05, 3.63) is 29.3 Å². The average molecular weight is 475 g/mol. The maximum atomic E-state index is 11.0. The van der Waals surface area contributed by atoms with Gasteiger partial charge in [-0.25, -0.2) is 4.79 Å². The molecule has 190 valence electrons. The lowest BCUT2D eigenvalue weighted by atomic mass is 9.73. The molecule has 6 nitrogen and oxygen atoms in total. The number of benzene rings is 1. The van der Waals surface area contributed by atoms with E-state index in [1.807, 2.05) is 12.1 Å². The van der Waals surface area contributed by atoms with Crippen LogP contribution in [0.25, 0.3) is 0 Å². The van der Waals surface area contributed by atoms with Crippen molar-refractivity contribution in [3.63, 3.8) is 0 Å². The number of rotatable bonds is 12. The van der Waals surface area contributed by atoms with Gasteiger partial charge in [0.2, 0.25) is 0 Å². The molecule has 1 aromatic carbocycles. The van der Waals surface area contributed by atoms with Gasteiger partial charge in [-0.3, -0.25) is 0 Å². The molecule has 3 aliphatic rings.